The molecule has 0 aromatic carbocycles. The minimum absolute atomic E-state index is 0.00232. The van der Waals surface area contributed by atoms with Crippen molar-refractivity contribution in [3.63, 3.8) is 0 Å². The van der Waals surface area contributed by atoms with Crippen LogP contribution in [0.1, 0.15) is 267 Å². The summed E-state index contributed by atoms with van der Waals surface area (Å²) >= 11 is 0. The normalized spacial score (nSPS) is 26.6. The molecule has 6 nitrogen and oxygen atoms in total. The number of aldehydes is 1. The van der Waals surface area contributed by atoms with Crippen LogP contribution in [-0.2, 0) is 19.1 Å². The molecule has 3 fully saturated rings. The minimum Gasteiger partial charge on any atom is -0.462 e. The van der Waals surface area contributed by atoms with E-state index in [1.54, 1.807) is 11.1 Å². The van der Waals surface area contributed by atoms with E-state index in [9.17, 15) is 14.7 Å². The van der Waals surface area contributed by atoms with E-state index < -0.39 is 0 Å². The van der Waals surface area contributed by atoms with Gasteiger partial charge < -0.3 is 24.3 Å². The Balaban J connectivity index is 0.000000611. The second-order valence-corrected chi connectivity index (χ2v) is 23.6. The maximum absolute atomic E-state index is 13.0. The lowest BCUT2D eigenvalue weighted by Crippen LogP contribution is -2.51. The topological polar surface area (TPSA) is 76.1 Å². The molecule has 9 atom stereocenters. The molecular weight excluding hydrogens is 839 g/mol. The van der Waals surface area contributed by atoms with Gasteiger partial charge in [-0.1, -0.05) is 155 Å². The van der Waals surface area contributed by atoms with Gasteiger partial charge in [0, 0.05) is 33.0 Å². The molecule has 0 aromatic rings. The van der Waals surface area contributed by atoms with E-state index in [4.69, 9.17) is 9.47 Å². The number of fused-ring (bicyclic) bond motifs is 5. The highest BCUT2D eigenvalue weighted by Crippen LogP contribution is 2.67. The average Bonchev–Trinajstić information content (AvgIpc) is 3.69. The maximum Gasteiger partial charge on any atom is 0.306 e. The molecule has 396 valence electrons. The van der Waals surface area contributed by atoms with Crippen LogP contribution in [0.2, 0.25) is 0 Å². The minimum atomic E-state index is 0.00232. The summed E-state index contributed by atoms with van der Waals surface area (Å²) in [6, 6.07) is 0. The Morgan fingerprint density at radius 3 is 2.00 bits per heavy atom. The van der Waals surface area contributed by atoms with Crippen molar-refractivity contribution < 1.29 is 24.2 Å². The highest BCUT2D eigenvalue weighted by Gasteiger charge is 2.59. The van der Waals surface area contributed by atoms with E-state index in [1.807, 2.05) is 7.11 Å². The fraction of sp³-hybridized carbons (Fsp3) is 0.903. The van der Waals surface area contributed by atoms with Crippen molar-refractivity contribution in [1.29, 1.82) is 0 Å². The Morgan fingerprint density at radius 1 is 0.750 bits per heavy atom. The van der Waals surface area contributed by atoms with Gasteiger partial charge in [-0.25, -0.2) is 0 Å². The van der Waals surface area contributed by atoms with Crippen LogP contribution in [0.3, 0.4) is 0 Å². The van der Waals surface area contributed by atoms with Crippen molar-refractivity contribution in [3.8, 4) is 0 Å². The van der Waals surface area contributed by atoms with Crippen LogP contribution in [0.5, 0.6) is 0 Å². The summed E-state index contributed by atoms with van der Waals surface area (Å²) in [5.41, 5.74) is 4.03. The zero-order valence-electron chi connectivity index (χ0n) is 46.5. The van der Waals surface area contributed by atoms with E-state index in [1.165, 1.54) is 141 Å². The third-order valence-electron chi connectivity index (χ3n) is 18.5. The molecule has 0 bridgehead atoms. The van der Waals surface area contributed by atoms with Gasteiger partial charge in [0.05, 0.1) is 6.10 Å². The number of unbranched alkanes of at least 4 members (excludes halogenated alkanes) is 15. The number of methoxy groups -OCH3 is 1. The van der Waals surface area contributed by atoms with Crippen molar-refractivity contribution in [3.05, 3.63) is 23.3 Å². The summed E-state index contributed by atoms with van der Waals surface area (Å²) in [5.74, 6) is 4.83. The van der Waals surface area contributed by atoms with Crippen molar-refractivity contribution in [2.24, 2.45) is 46.3 Å². The van der Waals surface area contributed by atoms with Gasteiger partial charge >= 0.3 is 5.97 Å². The number of hydrogen-bond donors (Lipinski definition) is 1. The second kappa shape index (κ2) is 34.8. The van der Waals surface area contributed by atoms with Crippen LogP contribution in [0.4, 0.5) is 0 Å². The zero-order valence-corrected chi connectivity index (χ0v) is 46.5. The Morgan fingerprint density at radius 2 is 1.37 bits per heavy atom. The number of ether oxygens (including phenoxy) is 2. The third kappa shape index (κ3) is 20.5. The van der Waals surface area contributed by atoms with E-state index in [2.05, 4.69) is 72.4 Å². The molecule has 0 radical (unpaired) electrons. The molecule has 1 N–H and O–H groups in total. The highest BCUT2D eigenvalue weighted by molar-refractivity contribution is 5.69. The van der Waals surface area contributed by atoms with Gasteiger partial charge in [0.15, 0.2) is 0 Å². The number of aliphatic hydroxyl groups is 1. The summed E-state index contributed by atoms with van der Waals surface area (Å²) in [6.07, 6.45) is 46.2. The van der Waals surface area contributed by atoms with Crippen molar-refractivity contribution in [2.75, 3.05) is 33.4 Å². The maximum atomic E-state index is 13.0. The molecule has 6 heteroatoms. The first-order valence-corrected chi connectivity index (χ1v) is 29.8. The summed E-state index contributed by atoms with van der Waals surface area (Å²) < 4.78 is 11.7. The Kier molecular flexibility index (Phi) is 31.1. The first kappa shape index (κ1) is 60.8. The van der Waals surface area contributed by atoms with E-state index >= 15 is 0 Å². The number of rotatable bonds is 36. The third-order valence-corrected chi connectivity index (χ3v) is 18.5. The Bertz CT molecular complexity index is 1390. The first-order valence-electron chi connectivity index (χ1n) is 29.8. The monoisotopic (exact) mass is 952 g/mol. The number of nitrogens with zero attached hydrogens (tertiary/aromatic N) is 1. The van der Waals surface area contributed by atoms with E-state index in [0.29, 0.717) is 30.3 Å². The fourth-order valence-corrected chi connectivity index (χ4v) is 14.1. The second-order valence-electron chi connectivity index (χ2n) is 23.6. The van der Waals surface area contributed by atoms with Crippen molar-refractivity contribution in [2.45, 2.75) is 279 Å². The van der Waals surface area contributed by atoms with Gasteiger partial charge in [-0.15, -0.1) is 0 Å². The molecule has 0 aromatic heterocycles. The Labute approximate surface area is 422 Å². The summed E-state index contributed by atoms with van der Waals surface area (Å²) in [4.78, 5) is 26.1. The van der Waals surface area contributed by atoms with Crippen LogP contribution in [0.25, 0.3) is 0 Å². The van der Waals surface area contributed by atoms with Crippen LogP contribution in [0.15, 0.2) is 23.3 Å². The first-order chi connectivity index (χ1) is 32.9. The number of allylic oxidation sites excluding steroid dienone is 3. The average molecular weight is 953 g/mol. The van der Waals surface area contributed by atoms with Gasteiger partial charge in [-0.2, -0.15) is 0 Å². The lowest BCUT2D eigenvalue weighted by molar-refractivity contribution is -0.151. The van der Waals surface area contributed by atoms with Crippen molar-refractivity contribution >= 4 is 12.3 Å². The van der Waals surface area contributed by atoms with Crippen LogP contribution in [-0.4, -0.2) is 67.8 Å². The van der Waals surface area contributed by atoms with E-state index in [0.717, 1.165) is 113 Å². The van der Waals surface area contributed by atoms with Gasteiger partial charge in [-0.3, -0.25) is 4.79 Å². The quantitative estimate of drug-likeness (QED) is 0.0292. The molecule has 9 unspecified atom stereocenters. The van der Waals surface area contributed by atoms with Crippen LogP contribution < -0.4 is 0 Å². The van der Waals surface area contributed by atoms with Crippen LogP contribution >= 0.6 is 0 Å². The molecule has 3 saturated carbocycles. The predicted octanol–water partition coefficient (Wildman–Crippen LogP) is 17.0. The van der Waals surface area contributed by atoms with Crippen molar-refractivity contribution in [1.82, 2.24) is 4.90 Å². The SMILES string of the molecule is C/C=C(\CCC(C)C1CCC2C3CC=C4CC(OC(=O)CCCCCN(CCCCO)CCCCCCC=O)CCC4(C)C3CCC12C)C(C)C.CCCCCCCCC(CCCCCC)OC. The number of hydrogen-bond acceptors (Lipinski definition) is 6. The van der Waals surface area contributed by atoms with Gasteiger partial charge in [0.1, 0.15) is 12.4 Å². The molecule has 0 amide bonds. The molecule has 0 spiro atoms. The molecule has 0 aliphatic heterocycles. The molecular formula is C62H113NO5. The molecule has 4 rings (SSSR count). The van der Waals surface area contributed by atoms with Gasteiger partial charge in [0.25, 0.3) is 0 Å². The van der Waals surface area contributed by atoms with Gasteiger partial charge in [0.2, 0.25) is 0 Å². The number of aliphatic hydroxyl groups excluding tert-OH is 1. The summed E-state index contributed by atoms with van der Waals surface area (Å²) in [6.45, 7) is 22.7. The molecule has 0 saturated heterocycles. The molecule has 4 aliphatic rings. The zero-order chi connectivity index (χ0) is 49.6. The van der Waals surface area contributed by atoms with Gasteiger partial charge in [-0.05, 0) is 182 Å². The Hall–Kier alpha value is -1.50. The lowest BCUT2D eigenvalue weighted by atomic mass is 9.47. The molecule has 0 heterocycles. The summed E-state index contributed by atoms with van der Waals surface area (Å²) in [5, 5.41) is 9.22. The highest BCUT2D eigenvalue weighted by atomic mass is 16.5. The number of esters is 1. The number of carbonyl (C=O) groups is 2. The fourth-order valence-electron chi connectivity index (χ4n) is 14.1. The lowest BCUT2D eigenvalue weighted by Gasteiger charge is -2.58. The standard InChI is InChI=1S/C46H79NO4.C16H34O/c1-7-37(35(2)3)20-19-36(4)41-23-24-42-40-22-21-38-34-39(25-27-45(38,5)43(40)26-28-46(41,42)6)51-44(50)18-12-11-14-30-47(31-15-17-33-49)29-13-9-8-10-16-32-48;1-4-6-8-10-11-13-15-16(17-3)14-12-9-7-5-2/h7,21,32,35-36,39-43,49H,8-20,22-31,33-34H2,1-6H3;16H,4-15H2,1-3H3/b37-7+;. The van der Waals surface area contributed by atoms with Crippen LogP contribution in [0, 0.1) is 46.3 Å². The largest absolute Gasteiger partial charge is 0.462 e. The number of carbonyl (C=O) groups excluding carboxylic acids is 2. The molecule has 4 aliphatic carbocycles. The van der Waals surface area contributed by atoms with E-state index in [-0.39, 0.29) is 24.1 Å². The molecule has 68 heavy (non-hydrogen) atoms. The summed E-state index contributed by atoms with van der Waals surface area (Å²) in [7, 11) is 1.88. The predicted molar refractivity (Wildman–Crippen MR) is 290 cm³/mol. The smallest absolute Gasteiger partial charge is 0.306 e.